The third-order valence-corrected chi connectivity index (χ3v) is 3.25. The standard InChI is InChI=1S/C15H20N4O/c1-9(2)13-14(19-16)17-8-18-15(13)20-12-6-5-10(3)11(4)7-12/h5-9H,16H2,1-4H3,(H,17,18,19). The number of aryl methyl sites for hydroxylation is 2. The predicted octanol–water partition coefficient (Wildman–Crippen LogP) is 3.29. The molecule has 0 aliphatic rings. The Labute approximate surface area is 119 Å². The summed E-state index contributed by atoms with van der Waals surface area (Å²) in [6.45, 7) is 8.22. The van der Waals surface area contributed by atoms with Gasteiger partial charge in [-0.15, -0.1) is 0 Å². The van der Waals surface area contributed by atoms with Crippen molar-refractivity contribution in [1.82, 2.24) is 9.97 Å². The van der Waals surface area contributed by atoms with Crippen molar-refractivity contribution in [2.45, 2.75) is 33.6 Å². The fourth-order valence-corrected chi connectivity index (χ4v) is 1.99. The van der Waals surface area contributed by atoms with E-state index < -0.39 is 0 Å². The van der Waals surface area contributed by atoms with Crippen molar-refractivity contribution >= 4 is 5.82 Å². The van der Waals surface area contributed by atoms with E-state index in [-0.39, 0.29) is 5.92 Å². The van der Waals surface area contributed by atoms with Crippen LogP contribution in [0.5, 0.6) is 11.6 Å². The van der Waals surface area contributed by atoms with Gasteiger partial charge in [0.2, 0.25) is 5.88 Å². The highest BCUT2D eigenvalue weighted by atomic mass is 16.5. The van der Waals surface area contributed by atoms with Gasteiger partial charge in [0.15, 0.2) is 5.82 Å². The van der Waals surface area contributed by atoms with Gasteiger partial charge in [-0.3, -0.25) is 0 Å². The Bertz CT molecular complexity index is 611. The van der Waals surface area contributed by atoms with Crippen LogP contribution in [0.25, 0.3) is 0 Å². The first-order chi connectivity index (χ1) is 9.52. The lowest BCUT2D eigenvalue weighted by atomic mass is 10.1. The lowest BCUT2D eigenvalue weighted by Gasteiger charge is -2.15. The quantitative estimate of drug-likeness (QED) is 0.660. The van der Waals surface area contributed by atoms with Gasteiger partial charge >= 0.3 is 0 Å². The number of rotatable bonds is 4. The first-order valence-electron chi connectivity index (χ1n) is 6.59. The Morgan fingerprint density at radius 2 is 1.90 bits per heavy atom. The predicted molar refractivity (Wildman–Crippen MR) is 79.9 cm³/mol. The highest BCUT2D eigenvalue weighted by Crippen LogP contribution is 2.32. The Kier molecular flexibility index (Phi) is 4.20. The van der Waals surface area contributed by atoms with Crippen LogP contribution in [0.4, 0.5) is 5.82 Å². The molecule has 106 valence electrons. The zero-order valence-electron chi connectivity index (χ0n) is 12.3. The first-order valence-corrected chi connectivity index (χ1v) is 6.59. The molecular weight excluding hydrogens is 252 g/mol. The van der Waals surface area contributed by atoms with Crippen molar-refractivity contribution in [3.8, 4) is 11.6 Å². The minimum atomic E-state index is 0.198. The molecule has 0 radical (unpaired) electrons. The smallest absolute Gasteiger partial charge is 0.227 e. The maximum absolute atomic E-state index is 5.90. The van der Waals surface area contributed by atoms with Crippen molar-refractivity contribution in [2.75, 3.05) is 5.43 Å². The van der Waals surface area contributed by atoms with Gasteiger partial charge in [0.1, 0.15) is 12.1 Å². The molecule has 2 aromatic rings. The normalized spacial score (nSPS) is 10.7. The monoisotopic (exact) mass is 272 g/mol. The molecule has 20 heavy (non-hydrogen) atoms. The molecule has 5 nitrogen and oxygen atoms in total. The number of anilines is 1. The van der Waals surface area contributed by atoms with Gasteiger partial charge in [-0.2, -0.15) is 0 Å². The summed E-state index contributed by atoms with van der Waals surface area (Å²) < 4.78 is 5.90. The Hall–Kier alpha value is -2.14. The van der Waals surface area contributed by atoms with E-state index in [1.54, 1.807) is 0 Å². The molecule has 0 saturated carbocycles. The number of nitrogens with two attached hydrogens (primary N) is 1. The zero-order chi connectivity index (χ0) is 14.7. The first kappa shape index (κ1) is 14.3. The molecule has 0 atom stereocenters. The molecular formula is C15H20N4O. The van der Waals surface area contributed by atoms with Crippen LogP contribution in [-0.2, 0) is 0 Å². The number of benzene rings is 1. The van der Waals surface area contributed by atoms with Gasteiger partial charge in [0.05, 0.1) is 5.56 Å². The van der Waals surface area contributed by atoms with Gasteiger partial charge in [-0.25, -0.2) is 15.8 Å². The highest BCUT2D eigenvalue weighted by Gasteiger charge is 2.16. The molecule has 0 aliphatic carbocycles. The van der Waals surface area contributed by atoms with Crippen LogP contribution in [0.15, 0.2) is 24.5 Å². The van der Waals surface area contributed by atoms with E-state index in [1.807, 2.05) is 32.0 Å². The van der Waals surface area contributed by atoms with E-state index in [2.05, 4.69) is 29.2 Å². The molecule has 1 heterocycles. The number of hydrogen-bond donors (Lipinski definition) is 2. The Morgan fingerprint density at radius 1 is 1.15 bits per heavy atom. The molecule has 0 bridgehead atoms. The van der Waals surface area contributed by atoms with Gasteiger partial charge in [-0.05, 0) is 43.0 Å². The topological polar surface area (TPSA) is 73.1 Å². The number of nitrogens with zero attached hydrogens (tertiary/aromatic N) is 2. The van der Waals surface area contributed by atoms with Crippen LogP contribution in [0.3, 0.4) is 0 Å². The molecule has 0 saturated heterocycles. The van der Waals surface area contributed by atoms with Crippen molar-refractivity contribution < 1.29 is 4.74 Å². The van der Waals surface area contributed by atoms with Crippen LogP contribution in [-0.4, -0.2) is 9.97 Å². The van der Waals surface area contributed by atoms with E-state index in [9.17, 15) is 0 Å². The van der Waals surface area contributed by atoms with E-state index >= 15 is 0 Å². The minimum absolute atomic E-state index is 0.198. The number of hydrazine groups is 1. The van der Waals surface area contributed by atoms with E-state index in [0.29, 0.717) is 11.7 Å². The maximum Gasteiger partial charge on any atom is 0.227 e. The van der Waals surface area contributed by atoms with Crippen LogP contribution >= 0.6 is 0 Å². The second kappa shape index (κ2) is 5.88. The number of aromatic nitrogens is 2. The van der Waals surface area contributed by atoms with Gasteiger partial charge in [0.25, 0.3) is 0 Å². The number of ether oxygens (including phenoxy) is 1. The molecule has 0 aliphatic heterocycles. The van der Waals surface area contributed by atoms with E-state index in [1.165, 1.54) is 17.5 Å². The minimum Gasteiger partial charge on any atom is -0.439 e. The molecule has 0 spiro atoms. The van der Waals surface area contributed by atoms with Gasteiger partial charge in [-0.1, -0.05) is 19.9 Å². The lowest BCUT2D eigenvalue weighted by Crippen LogP contribution is -2.13. The Balaban J connectivity index is 2.40. The lowest BCUT2D eigenvalue weighted by molar-refractivity contribution is 0.451. The molecule has 1 aromatic carbocycles. The molecule has 1 aromatic heterocycles. The summed E-state index contributed by atoms with van der Waals surface area (Å²) in [5, 5.41) is 0. The second-order valence-corrected chi connectivity index (χ2v) is 5.09. The van der Waals surface area contributed by atoms with Crippen LogP contribution in [0.2, 0.25) is 0 Å². The average Bonchev–Trinajstić information content (AvgIpc) is 2.42. The second-order valence-electron chi connectivity index (χ2n) is 5.09. The van der Waals surface area contributed by atoms with Crippen LogP contribution in [0.1, 0.15) is 36.5 Å². The molecule has 5 heteroatoms. The zero-order valence-corrected chi connectivity index (χ0v) is 12.3. The number of hydrogen-bond acceptors (Lipinski definition) is 5. The summed E-state index contributed by atoms with van der Waals surface area (Å²) in [4.78, 5) is 8.35. The summed E-state index contributed by atoms with van der Waals surface area (Å²) in [6.07, 6.45) is 1.44. The fourth-order valence-electron chi connectivity index (χ4n) is 1.99. The summed E-state index contributed by atoms with van der Waals surface area (Å²) >= 11 is 0. The van der Waals surface area contributed by atoms with Crippen molar-refractivity contribution in [1.29, 1.82) is 0 Å². The third kappa shape index (κ3) is 2.88. The number of nitrogens with one attached hydrogen (secondary N) is 1. The SMILES string of the molecule is Cc1ccc(Oc2ncnc(NN)c2C(C)C)cc1C. The summed E-state index contributed by atoms with van der Waals surface area (Å²) in [5.74, 6) is 7.58. The van der Waals surface area contributed by atoms with E-state index in [0.717, 1.165) is 11.3 Å². The molecule has 0 unspecified atom stereocenters. The number of nitrogen functional groups attached to an aromatic ring is 1. The summed E-state index contributed by atoms with van der Waals surface area (Å²) in [6, 6.07) is 5.96. The largest absolute Gasteiger partial charge is 0.439 e. The van der Waals surface area contributed by atoms with Crippen molar-refractivity contribution in [3.63, 3.8) is 0 Å². The van der Waals surface area contributed by atoms with E-state index in [4.69, 9.17) is 10.6 Å². The highest BCUT2D eigenvalue weighted by molar-refractivity contribution is 5.51. The third-order valence-electron chi connectivity index (χ3n) is 3.25. The van der Waals surface area contributed by atoms with Crippen molar-refractivity contribution in [3.05, 3.63) is 41.2 Å². The molecule has 3 N–H and O–H groups in total. The molecule has 0 fully saturated rings. The fraction of sp³-hybridized carbons (Fsp3) is 0.333. The Morgan fingerprint density at radius 3 is 2.50 bits per heavy atom. The molecule has 0 amide bonds. The van der Waals surface area contributed by atoms with Crippen LogP contribution < -0.4 is 16.0 Å². The summed E-state index contributed by atoms with van der Waals surface area (Å²) in [5.41, 5.74) is 5.87. The average molecular weight is 272 g/mol. The molecule has 2 rings (SSSR count). The van der Waals surface area contributed by atoms with Gasteiger partial charge < -0.3 is 10.2 Å². The van der Waals surface area contributed by atoms with Gasteiger partial charge in [0, 0.05) is 0 Å². The maximum atomic E-state index is 5.90. The van der Waals surface area contributed by atoms with Crippen LogP contribution in [0, 0.1) is 13.8 Å². The summed E-state index contributed by atoms with van der Waals surface area (Å²) in [7, 11) is 0. The van der Waals surface area contributed by atoms with Crippen molar-refractivity contribution in [2.24, 2.45) is 5.84 Å².